The number of alkyl halides is 3. The van der Waals surface area contributed by atoms with E-state index in [1.807, 2.05) is 0 Å². The third-order valence-electron chi connectivity index (χ3n) is 4.21. The van der Waals surface area contributed by atoms with Gasteiger partial charge in [-0.15, -0.1) is 0 Å². The first-order chi connectivity index (χ1) is 11.4. The molecule has 0 radical (unpaired) electrons. The Labute approximate surface area is 143 Å². The topological polar surface area (TPSA) is 60.9 Å². The fourth-order valence-corrected chi connectivity index (χ4v) is 3.97. The van der Waals surface area contributed by atoms with Crippen molar-refractivity contribution in [3.05, 3.63) is 35.1 Å². The zero-order valence-electron chi connectivity index (χ0n) is 13.8. The molecule has 0 amide bonds. The van der Waals surface area contributed by atoms with Gasteiger partial charge < -0.3 is 5.11 Å². The minimum Gasteiger partial charge on any atom is -0.391 e. The lowest BCUT2D eigenvalue weighted by molar-refractivity contribution is -0.140. The molecule has 25 heavy (non-hydrogen) atoms. The second kappa shape index (κ2) is 7.18. The summed E-state index contributed by atoms with van der Waals surface area (Å²) in [6.45, 7) is 0.567. The molecule has 1 aromatic carbocycles. The summed E-state index contributed by atoms with van der Waals surface area (Å²) in [5.74, 6) is -2.08. The molecule has 1 fully saturated rings. The molecule has 1 aromatic rings. The van der Waals surface area contributed by atoms with E-state index < -0.39 is 39.6 Å². The monoisotopic (exact) mass is 384 g/mol. The van der Waals surface area contributed by atoms with E-state index in [9.17, 15) is 31.1 Å². The third-order valence-corrected chi connectivity index (χ3v) is 6.17. The minimum absolute atomic E-state index is 0.130. The first-order valence-electron chi connectivity index (χ1n) is 7.56. The summed E-state index contributed by atoms with van der Waals surface area (Å²) in [5.41, 5.74) is -0.999. The molecule has 0 spiro atoms. The number of sulfonamides is 1. The summed E-state index contributed by atoms with van der Waals surface area (Å²) >= 11 is 0. The molecule has 10 heteroatoms. The number of aliphatic hydroxyl groups excluding tert-OH is 1. The van der Waals surface area contributed by atoms with Crippen molar-refractivity contribution in [2.75, 3.05) is 32.9 Å². The van der Waals surface area contributed by atoms with Crippen molar-refractivity contribution in [2.24, 2.45) is 5.92 Å². The predicted molar refractivity (Wildman–Crippen MR) is 83.6 cm³/mol. The van der Waals surface area contributed by atoms with Gasteiger partial charge in [0.25, 0.3) is 0 Å². The summed E-state index contributed by atoms with van der Waals surface area (Å²) in [4.78, 5) is 1.70. The number of likely N-dealkylation sites (tertiary alicyclic amines) is 1. The van der Waals surface area contributed by atoms with Crippen molar-refractivity contribution in [3.8, 4) is 0 Å². The van der Waals surface area contributed by atoms with Crippen LogP contribution in [-0.2, 0) is 22.7 Å². The summed E-state index contributed by atoms with van der Waals surface area (Å²) < 4.78 is 76.2. The first kappa shape index (κ1) is 20.1. The van der Waals surface area contributed by atoms with E-state index in [0.717, 1.165) is 10.4 Å². The molecule has 1 aliphatic heterocycles. The highest BCUT2D eigenvalue weighted by atomic mass is 32.2. The molecular formula is C15H20F4N2O3S. The van der Waals surface area contributed by atoms with Crippen LogP contribution < -0.4 is 0 Å². The fraction of sp³-hybridized carbons (Fsp3) is 0.600. The molecular weight excluding hydrogens is 364 g/mol. The molecule has 0 aromatic heterocycles. The molecule has 0 saturated carbocycles. The van der Waals surface area contributed by atoms with Crippen molar-refractivity contribution in [1.82, 2.24) is 9.21 Å². The van der Waals surface area contributed by atoms with Crippen molar-refractivity contribution >= 4 is 10.0 Å². The number of benzene rings is 1. The molecule has 0 aliphatic carbocycles. The fourth-order valence-electron chi connectivity index (χ4n) is 2.80. The lowest BCUT2D eigenvalue weighted by Gasteiger charge is -2.18. The first-order valence-corrected chi connectivity index (χ1v) is 9.17. The van der Waals surface area contributed by atoms with Crippen LogP contribution in [-0.4, -0.2) is 61.8 Å². The minimum atomic E-state index is -4.75. The molecule has 1 saturated heterocycles. The van der Waals surface area contributed by atoms with Gasteiger partial charge in [0.05, 0.1) is 17.4 Å². The standard InChI is InChI=1S/C15H20F4N2O3S/c1-20(2)25(23,24)9-11-7-21(8-14(11)22)6-10-3-4-12(13(16)5-10)15(17,18)19/h3-5,11,14,22H,6-9H2,1-2H3/t11-,14-/m0/s1. The van der Waals surface area contributed by atoms with E-state index in [0.29, 0.717) is 11.6 Å². The quantitative estimate of drug-likeness (QED) is 0.783. The zero-order chi connectivity index (χ0) is 19.0. The number of β-amino-alcohol motifs (C(OH)–C–C–N with tert-alkyl or cyclic N) is 1. The van der Waals surface area contributed by atoms with E-state index in [1.165, 1.54) is 20.2 Å². The average Bonchev–Trinajstić information content (AvgIpc) is 2.76. The van der Waals surface area contributed by atoms with Gasteiger partial charge in [-0.1, -0.05) is 6.07 Å². The summed E-state index contributed by atoms with van der Waals surface area (Å²) in [7, 11) is -0.673. The lowest BCUT2D eigenvalue weighted by atomic mass is 10.1. The molecule has 0 bridgehead atoms. The maximum atomic E-state index is 13.6. The predicted octanol–water partition coefficient (Wildman–Crippen LogP) is 1.53. The van der Waals surface area contributed by atoms with Gasteiger partial charge in [0, 0.05) is 39.6 Å². The van der Waals surface area contributed by atoms with E-state index in [2.05, 4.69) is 0 Å². The highest BCUT2D eigenvalue weighted by Gasteiger charge is 2.36. The van der Waals surface area contributed by atoms with Crippen molar-refractivity contribution < 1.29 is 31.1 Å². The number of hydrogen-bond donors (Lipinski definition) is 1. The Bertz CT molecular complexity index is 722. The second-order valence-corrected chi connectivity index (χ2v) is 8.62. The van der Waals surface area contributed by atoms with E-state index >= 15 is 0 Å². The molecule has 2 atom stereocenters. The van der Waals surface area contributed by atoms with Crippen LogP contribution >= 0.6 is 0 Å². The van der Waals surface area contributed by atoms with Crippen LogP contribution in [0.2, 0.25) is 0 Å². The Kier molecular flexibility index (Phi) is 5.77. The molecule has 2 rings (SSSR count). The maximum Gasteiger partial charge on any atom is 0.419 e. The number of aliphatic hydroxyl groups is 1. The van der Waals surface area contributed by atoms with Gasteiger partial charge in [-0.3, -0.25) is 4.90 Å². The molecule has 5 nitrogen and oxygen atoms in total. The van der Waals surface area contributed by atoms with Crippen molar-refractivity contribution in [3.63, 3.8) is 0 Å². The Hall–Kier alpha value is -1.23. The maximum absolute atomic E-state index is 13.6. The molecule has 1 N–H and O–H groups in total. The van der Waals surface area contributed by atoms with Crippen molar-refractivity contribution in [1.29, 1.82) is 0 Å². The van der Waals surface area contributed by atoms with Gasteiger partial charge in [0.2, 0.25) is 10.0 Å². The van der Waals surface area contributed by atoms with Crippen LogP contribution in [0, 0.1) is 11.7 Å². The second-order valence-electron chi connectivity index (χ2n) is 6.39. The largest absolute Gasteiger partial charge is 0.419 e. The van der Waals surface area contributed by atoms with Crippen LogP contribution in [0.1, 0.15) is 11.1 Å². The van der Waals surface area contributed by atoms with Gasteiger partial charge in [-0.25, -0.2) is 17.1 Å². The Balaban J connectivity index is 2.04. The Morgan fingerprint density at radius 2 is 1.92 bits per heavy atom. The average molecular weight is 384 g/mol. The van der Waals surface area contributed by atoms with Gasteiger partial charge in [-0.05, 0) is 17.7 Å². The Morgan fingerprint density at radius 1 is 1.28 bits per heavy atom. The lowest BCUT2D eigenvalue weighted by Crippen LogP contribution is -2.33. The number of halogens is 4. The molecule has 142 valence electrons. The molecule has 1 heterocycles. The van der Waals surface area contributed by atoms with Gasteiger partial charge >= 0.3 is 6.18 Å². The zero-order valence-corrected chi connectivity index (χ0v) is 14.6. The van der Waals surface area contributed by atoms with E-state index in [-0.39, 0.29) is 25.4 Å². The van der Waals surface area contributed by atoms with Gasteiger partial charge in [-0.2, -0.15) is 13.2 Å². The van der Waals surface area contributed by atoms with Crippen LogP contribution in [0.4, 0.5) is 17.6 Å². The smallest absolute Gasteiger partial charge is 0.391 e. The van der Waals surface area contributed by atoms with Gasteiger partial charge in [0.1, 0.15) is 5.82 Å². The van der Waals surface area contributed by atoms with Crippen LogP contribution in [0.25, 0.3) is 0 Å². The number of nitrogens with zero attached hydrogens (tertiary/aromatic N) is 2. The van der Waals surface area contributed by atoms with Crippen LogP contribution in [0.3, 0.4) is 0 Å². The summed E-state index contributed by atoms with van der Waals surface area (Å²) in [6, 6.07) is 2.69. The van der Waals surface area contributed by atoms with Gasteiger partial charge in [0.15, 0.2) is 0 Å². The highest BCUT2D eigenvalue weighted by molar-refractivity contribution is 7.89. The third kappa shape index (κ3) is 4.90. The summed E-state index contributed by atoms with van der Waals surface area (Å²) in [5, 5.41) is 10.0. The molecule has 0 unspecified atom stereocenters. The van der Waals surface area contributed by atoms with Crippen LogP contribution in [0.15, 0.2) is 18.2 Å². The normalized spacial score (nSPS) is 22.7. The van der Waals surface area contributed by atoms with E-state index in [4.69, 9.17) is 0 Å². The van der Waals surface area contributed by atoms with E-state index in [1.54, 1.807) is 4.90 Å². The summed E-state index contributed by atoms with van der Waals surface area (Å²) in [6.07, 6.45) is -5.62. The SMILES string of the molecule is CN(C)S(=O)(=O)C[C@@H]1CN(Cc2ccc(C(F)(F)F)c(F)c2)C[C@@H]1O. The number of rotatable bonds is 5. The van der Waals surface area contributed by atoms with Crippen molar-refractivity contribution in [2.45, 2.75) is 18.8 Å². The number of hydrogen-bond acceptors (Lipinski definition) is 4. The van der Waals surface area contributed by atoms with Crippen LogP contribution in [0.5, 0.6) is 0 Å². The highest BCUT2D eigenvalue weighted by Crippen LogP contribution is 2.32. The molecule has 1 aliphatic rings. The Morgan fingerprint density at radius 3 is 2.44 bits per heavy atom.